The van der Waals surface area contributed by atoms with Gasteiger partial charge >= 0.3 is 0 Å². The summed E-state index contributed by atoms with van der Waals surface area (Å²) in [5.74, 6) is 0.957. The molecule has 0 aromatic rings. The lowest BCUT2D eigenvalue weighted by Crippen LogP contribution is -2.43. The third-order valence-corrected chi connectivity index (χ3v) is 4.00. The zero-order valence-corrected chi connectivity index (χ0v) is 12.5. The van der Waals surface area contributed by atoms with Gasteiger partial charge in [-0.05, 0) is 56.7 Å². The van der Waals surface area contributed by atoms with Gasteiger partial charge in [0.05, 0.1) is 0 Å². The molecule has 3 heteroatoms. The van der Waals surface area contributed by atoms with Gasteiger partial charge in [-0.15, -0.1) is 12.4 Å². The largest absolute Gasteiger partial charge is 0.314 e. The fourth-order valence-electron chi connectivity index (χ4n) is 3.30. The second kappa shape index (κ2) is 6.40. The Hall–Kier alpha value is 0.210. The summed E-state index contributed by atoms with van der Waals surface area (Å²) in [6.45, 7) is 12.2. The monoisotopic (exact) mass is 260 g/mol. The molecule has 0 aromatic carbocycles. The van der Waals surface area contributed by atoms with Crippen LogP contribution >= 0.6 is 12.4 Å². The van der Waals surface area contributed by atoms with E-state index in [9.17, 15) is 0 Å². The highest BCUT2D eigenvalue weighted by atomic mass is 35.5. The Morgan fingerprint density at radius 1 is 1.12 bits per heavy atom. The lowest BCUT2D eigenvalue weighted by Gasteiger charge is -2.37. The summed E-state index contributed by atoms with van der Waals surface area (Å²) in [4.78, 5) is 2.66. The predicted molar refractivity (Wildman–Crippen MR) is 76.9 cm³/mol. The standard InChI is InChI=1S/C14H28N2.ClH/c1-14(2,3)11-16-9-6-12(7-10-16)13-5-4-8-15-13;/h12-13,15H,4-11H2,1-3H3;1H. The summed E-state index contributed by atoms with van der Waals surface area (Å²) >= 11 is 0. The molecule has 0 saturated carbocycles. The molecule has 2 aliphatic rings. The number of nitrogens with zero attached hydrogens (tertiary/aromatic N) is 1. The summed E-state index contributed by atoms with van der Waals surface area (Å²) in [6, 6.07) is 0.844. The Labute approximate surface area is 113 Å². The van der Waals surface area contributed by atoms with Crippen molar-refractivity contribution >= 4 is 12.4 Å². The van der Waals surface area contributed by atoms with Gasteiger partial charge < -0.3 is 10.2 Å². The topological polar surface area (TPSA) is 15.3 Å². The van der Waals surface area contributed by atoms with Crippen LogP contribution in [0, 0.1) is 11.3 Å². The summed E-state index contributed by atoms with van der Waals surface area (Å²) in [5, 5.41) is 3.67. The zero-order chi connectivity index (χ0) is 11.6. The van der Waals surface area contributed by atoms with E-state index in [4.69, 9.17) is 0 Å². The number of piperidine rings is 1. The van der Waals surface area contributed by atoms with Crippen LogP contribution in [0.4, 0.5) is 0 Å². The molecule has 2 fully saturated rings. The molecule has 2 nitrogen and oxygen atoms in total. The molecule has 2 aliphatic heterocycles. The molecular weight excluding hydrogens is 232 g/mol. The number of rotatable bonds is 2. The van der Waals surface area contributed by atoms with Crippen LogP contribution in [0.2, 0.25) is 0 Å². The molecule has 2 saturated heterocycles. The molecule has 0 aliphatic carbocycles. The maximum atomic E-state index is 3.67. The van der Waals surface area contributed by atoms with Gasteiger partial charge in [0.25, 0.3) is 0 Å². The average molecular weight is 261 g/mol. The number of halogens is 1. The summed E-state index contributed by atoms with van der Waals surface area (Å²) in [5.41, 5.74) is 0.457. The summed E-state index contributed by atoms with van der Waals surface area (Å²) in [7, 11) is 0. The maximum absolute atomic E-state index is 3.67. The van der Waals surface area contributed by atoms with E-state index >= 15 is 0 Å². The van der Waals surface area contributed by atoms with Crippen molar-refractivity contribution < 1.29 is 0 Å². The van der Waals surface area contributed by atoms with E-state index in [0.717, 1.165) is 12.0 Å². The van der Waals surface area contributed by atoms with Crippen molar-refractivity contribution in [2.24, 2.45) is 11.3 Å². The smallest absolute Gasteiger partial charge is 0.00967 e. The molecule has 0 radical (unpaired) electrons. The first kappa shape index (κ1) is 15.3. The number of likely N-dealkylation sites (tertiary alicyclic amines) is 1. The Balaban J connectivity index is 0.00000144. The highest BCUT2D eigenvalue weighted by molar-refractivity contribution is 5.85. The average Bonchev–Trinajstić information content (AvgIpc) is 2.69. The molecule has 1 unspecified atom stereocenters. The SMILES string of the molecule is CC(C)(C)CN1CCC(C2CCCN2)CC1.Cl. The highest BCUT2D eigenvalue weighted by Gasteiger charge is 2.29. The quantitative estimate of drug-likeness (QED) is 0.821. The first-order chi connectivity index (χ1) is 7.54. The van der Waals surface area contributed by atoms with Crippen LogP contribution in [0.3, 0.4) is 0 Å². The third-order valence-electron chi connectivity index (χ3n) is 4.00. The van der Waals surface area contributed by atoms with E-state index in [0.29, 0.717) is 5.41 Å². The lowest BCUT2D eigenvalue weighted by atomic mass is 9.87. The maximum Gasteiger partial charge on any atom is 0.00967 e. The molecule has 1 N–H and O–H groups in total. The Kier molecular flexibility index (Phi) is 5.75. The van der Waals surface area contributed by atoms with Gasteiger partial charge in [-0.25, -0.2) is 0 Å². The van der Waals surface area contributed by atoms with E-state index in [-0.39, 0.29) is 12.4 Å². The molecular formula is C14H29ClN2. The van der Waals surface area contributed by atoms with Crippen LogP contribution < -0.4 is 5.32 Å². The molecule has 0 spiro atoms. The molecule has 17 heavy (non-hydrogen) atoms. The molecule has 0 bridgehead atoms. The lowest BCUT2D eigenvalue weighted by molar-refractivity contribution is 0.124. The van der Waals surface area contributed by atoms with Crippen molar-refractivity contribution in [3.63, 3.8) is 0 Å². The van der Waals surface area contributed by atoms with Crippen molar-refractivity contribution in [1.82, 2.24) is 10.2 Å². The summed E-state index contributed by atoms with van der Waals surface area (Å²) < 4.78 is 0. The van der Waals surface area contributed by atoms with Gasteiger partial charge in [0.15, 0.2) is 0 Å². The fourth-order valence-corrected chi connectivity index (χ4v) is 3.30. The van der Waals surface area contributed by atoms with Crippen molar-refractivity contribution in [2.75, 3.05) is 26.2 Å². The van der Waals surface area contributed by atoms with Crippen LogP contribution in [-0.4, -0.2) is 37.1 Å². The second-order valence-corrected chi connectivity index (χ2v) is 6.88. The van der Waals surface area contributed by atoms with Gasteiger partial charge in [-0.2, -0.15) is 0 Å². The number of nitrogens with one attached hydrogen (secondary N) is 1. The predicted octanol–water partition coefficient (Wildman–Crippen LogP) is 2.92. The van der Waals surface area contributed by atoms with Crippen molar-refractivity contribution in [2.45, 2.75) is 52.5 Å². The van der Waals surface area contributed by atoms with E-state index in [2.05, 4.69) is 31.0 Å². The minimum absolute atomic E-state index is 0. The first-order valence-electron chi connectivity index (χ1n) is 7.00. The first-order valence-corrected chi connectivity index (χ1v) is 7.00. The van der Waals surface area contributed by atoms with Gasteiger partial charge in [0.2, 0.25) is 0 Å². The van der Waals surface area contributed by atoms with Gasteiger partial charge in [-0.1, -0.05) is 20.8 Å². The minimum Gasteiger partial charge on any atom is -0.314 e. The van der Waals surface area contributed by atoms with E-state index in [1.54, 1.807) is 0 Å². The Bertz CT molecular complexity index is 211. The van der Waals surface area contributed by atoms with Crippen LogP contribution in [0.15, 0.2) is 0 Å². The van der Waals surface area contributed by atoms with Crippen LogP contribution in [0.5, 0.6) is 0 Å². The Morgan fingerprint density at radius 2 is 1.76 bits per heavy atom. The number of hydrogen-bond donors (Lipinski definition) is 1. The van der Waals surface area contributed by atoms with Crippen LogP contribution in [-0.2, 0) is 0 Å². The molecule has 1 atom stereocenters. The minimum atomic E-state index is 0. The van der Waals surface area contributed by atoms with Crippen molar-refractivity contribution in [1.29, 1.82) is 0 Å². The van der Waals surface area contributed by atoms with Crippen molar-refractivity contribution in [3.05, 3.63) is 0 Å². The molecule has 0 aromatic heterocycles. The molecule has 2 heterocycles. The summed E-state index contributed by atoms with van der Waals surface area (Å²) in [6.07, 6.45) is 5.64. The second-order valence-electron chi connectivity index (χ2n) is 6.88. The fraction of sp³-hybridized carbons (Fsp3) is 1.00. The molecule has 0 amide bonds. The molecule has 2 rings (SSSR count). The Morgan fingerprint density at radius 3 is 2.24 bits per heavy atom. The zero-order valence-electron chi connectivity index (χ0n) is 11.7. The van der Waals surface area contributed by atoms with Gasteiger partial charge in [0, 0.05) is 12.6 Å². The van der Waals surface area contributed by atoms with Crippen LogP contribution in [0.25, 0.3) is 0 Å². The third kappa shape index (κ3) is 4.76. The van der Waals surface area contributed by atoms with Crippen LogP contribution in [0.1, 0.15) is 46.5 Å². The van der Waals surface area contributed by atoms with E-state index < -0.39 is 0 Å². The van der Waals surface area contributed by atoms with E-state index in [1.165, 1.54) is 51.9 Å². The molecule has 102 valence electrons. The van der Waals surface area contributed by atoms with E-state index in [1.807, 2.05) is 0 Å². The van der Waals surface area contributed by atoms with Gasteiger partial charge in [0.1, 0.15) is 0 Å². The van der Waals surface area contributed by atoms with Crippen molar-refractivity contribution in [3.8, 4) is 0 Å². The normalized spacial score (nSPS) is 28.1. The number of hydrogen-bond acceptors (Lipinski definition) is 2. The highest BCUT2D eigenvalue weighted by Crippen LogP contribution is 2.27. The van der Waals surface area contributed by atoms with Gasteiger partial charge in [-0.3, -0.25) is 0 Å².